The quantitative estimate of drug-likeness (QED) is 0.737. The maximum atomic E-state index is 12.0. The average molecular weight is 342 g/mol. The molecule has 8 nitrogen and oxygen atoms in total. The van der Waals surface area contributed by atoms with Crippen LogP contribution in [0.1, 0.15) is 19.8 Å². The Morgan fingerprint density at radius 1 is 1.39 bits per heavy atom. The predicted octanol–water partition coefficient (Wildman–Crippen LogP) is 0.875. The topological polar surface area (TPSA) is 114 Å². The molecule has 0 bridgehead atoms. The highest BCUT2D eigenvalue weighted by molar-refractivity contribution is 7.86. The third kappa shape index (κ3) is 5.38. The molecule has 0 saturated carbocycles. The lowest BCUT2D eigenvalue weighted by atomic mass is 10.1. The number of carbonyl (C=O) groups is 1. The Labute approximate surface area is 136 Å². The van der Waals surface area contributed by atoms with Gasteiger partial charge in [-0.3, -0.25) is 0 Å². The number of hydrogen-bond donors (Lipinski definition) is 3. The number of nitrogens with one attached hydrogen (secondary N) is 2. The normalized spacial score (nSPS) is 16.8. The molecule has 1 aliphatic heterocycles. The summed E-state index contributed by atoms with van der Waals surface area (Å²) in [5.74, 6) is 0.687. The summed E-state index contributed by atoms with van der Waals surface area (Å²) in [7, 11) is -3.65. The molecule has 0 spiro atoms. The highest BCUT2D eigenvalue weighted by Gasteiger charge is 2.26. The van der Waals surface area contributed by atoms with Crippen LogP contribution in [0, 0.1) is 0 Å². The van der Waals surface area contributed by atoms with Gasteiger partial charge in [0.2, 0.25) is 0 Å². The molecule has 1 saturated heterocycles. The molecule has 2 amide bonds. The monoisotopic (exact) mass is 342 g/mol. The van der Waals surface area contributed by atoms with Gasteiger partial charge in [-0.2, -0.15) is 12.7 Å². The first-order chi connectivity index (χ1) is 10.9. The van der Waals surface area contributed by atoms with Crippen molar-refractivity contribution in [1.82, 2.24) is 9.62 Å². The highest BCUT2D eigenvalue weighted by atomic mass is 32.2. The zero-order valence-corrected chi connectivity index (χ0v) is 13.8. The number of hydrogen-bond acceptors (Lipinski definition) is 4. The maximum absolute atomic E-state index is 12.0. The molecule has 0 aromatic heterocycles. The van der Waals surface area contributed by atoms with Crippen LogP contribution >= 0.6 is 0 Å². The maximum Gasteiger partial charge on any atom is 0.319 e. The van der Waals surface area contributed by atoms with E-state index in [2.05, 4.69) is 10.6 Å². The van der Waals surface area contributed by atoms with Crippen LogP contribution in [0.25, 0.3) is 0 Å². The lowest BCUT2D eigenvalue weighted by molar-refractivity contribution is 0.238. The molecule has 1 aromatic rings. The third-order valence-electron chi connectivity index (χ3n) is 3.55. The van der Waals surface area contributed by atoms with Crippen molar-refractivity contribution in [3.8, 4) is 5.75 Å². The second-order valence-corrected chi connectivity index (χ2v) is 6.82. The Balaban J connectivity index is 1.83. The summed E-state index contributed by atoms with van der Waals surface area (Å²) in [6, 6.07) is 6.72. The van der Waals surface area contributed by atoms with Crippen molar-refractivity contribution in [3.63, 3.8) is 0 Å². The minimum Gasteiger partial charge on any atom is -0.494 e. The molecule has 1 fully saturated rings. The minimum atomic E-state index is -3.65. The Bertz CT molecular complexity index is 642. The average Bonchev–Trinajstić information content (AvgIpc) is 2.47. The Morgan fingerprint density at radius 3 is 2.70 bits per heavy atom. The molecule has 23 heavy (non-hydrogen) atoms. The Kier molecular flexibility index (Phi) is 5.80. The first-order valence-electron chi connectivity index (χ1n) is 7.46. The second-order valence-electron chi connectivity index (χ2n) is 5.28. The van der Waals surface area contributed by atoms with Crippen molar-refractivity contribution < 1.29 is 17.9 Å². The van der Waals surface area contributed by atoms with Crippen molar-refractivity contribution in [2.75, 3.05) is 25.0 Å². The minimum absolute atomic E-state index is 0.0805. The molecule has 4 N–H and O–H groups in total. The van der Waals surface area contributed by atoms with Gasteiger partial charge < -0.3 is 15.4 Å². The second kappa shape index (κ2) is 7.62. The lowest BCUT2D eigenvalue weighted by Crippen LogP contribution is -2.49. The number of benzene rings is 1. The summed E-state index contributed by atoms with van der Waals surface area (Å²) in [4.78, 5) is 12.0. The van der Waals surface area contributed by atoms with Crippen LogP contribution in [0.5, 0.6) is 5.75 Å². The SMILES string of the molecule is CCOc1cccc(NC(=O)NC2CCN(S(N)(=O)=O)CC2)c1. The molecular weight excluding hydrogens is 320 g/mol. The van der Waals surface area contributed by atoms with Gasteiger partial charge in [-0.1, -0.05) is 6.07 Å². The number of piperidine rings is 1. The number of rotatable bonds is 5. The fraction of sp³-hybridized carbons (Fsp3) is 0.500. The van der Waals surface area contributed by atoms with Gasteiger partial charge in [-0.15, -0.1) is 0 Å². The van der Waals surface area contributed by atoms with Crippen LogP contribution < -0.4 is 20.5 Å². The van der Waals surface area contributed by atoms with E-state index >= 15 is 0 Å². The summed E-state index contributed by atoms with van der Waals surface area (Å²) < 4.78 is 29.1. The standard InChI is InChI=1S/C14H22N4O4S/c1-2-22-13-5-3-4-12(10-13)17-14(19)16-11-6-8-18(9-7-11)23(15,20)21/h3-5,10-11H,2,6-9H2,1H3,(H2,15,20,21)(H2,16,17,19). The van der Waals surface area contributed by atoms with Crippen LogP contribution in [-0.4, -0.2) is 44.5 Å². The molecule has 1 aliphatic rings. The summed E-state index contributed by atoms with van der Waals surface area (Å²) in [6.07, 6.45) is 1.06. The summed E-state index contributed by atoms with van der Waals surface area (Å²) >= 11 is 0. The smallest absolute Gasteiger partial charge is 0.319 e. The number of urea groups is 1. The van der Waals surface area contributed by atoms with E-state index in [9.17, 15) is 13.2 Å². The number of nitrogens with two attached hydrogens (primary N) is 1. The number of carbonyl (C=O) groups excluding carboxylic acids is 1. The number of nitrogens with zero attached hydrogens (tertiary/aromatic N) is 1. The Morgan fingerprint density at radius 2 is 2.09 bits per heavy atom. The molecule has 9 heteroatoms. The van der Waals surface area contributed by atoms with Crippen LogP contribution in [-0.2, 0) is 10.2 Å². The summed E-state index contributed by atoms with van der Waals surface area (Å²) in [5, 5.41) is 10.7. The molecule has 0 radical (unpaired) electrons. The van der Waals surface area contributed by atoms with Crippen molar-refractivity contribution in [3.05, 3.63) is 24.3 Å². The van der Waals surface area contributed by atoms with E-state index < -0.39 is 10.2 Å². The van der Waals surface area contributed by atoms with E-state index in [4.69, 9.17) is 9.88 Å². The van der Waals surface area contributed by atoms with Gasteiger partial charge >= 0.3 is 6.03 Å². The number of anilines is 1. The van der Waals surface area contributed by atoms with Crippen molar-refractivity contribution in [1.29, 1.82) is 0 Å². The number of ether oxygens (including phenoxy) is 1. The molecule has 1 aromatic carbocycles. The van der Waals surface area contributed by atoms with E-state index in [1.807, 2.05) is 13.0 Å². The molecule has 0 unspecified atom stereocenters. The van der Waals surface area contributed by atoms with E-state index in [0.29, 0.717) is 44.0 Å². The van der Waals surface area contributed by atoms with E-state index in [1.54, 1.807) is 18.2 Å². The van der Waals surface area contributed by atoms with Crippen molar-refractivity contribution >= 4 is 21.9 Å². The fourth-order valence-electron chi connectivity index (χ4n) is 2.44. The number of amides is 2. The first-order valence-corrected chi connectivity index (χ1v) is 8.97. The van der Waals surface area contributed by atoms with Gasteiger partial charge in [-0.25, -0.2) is 9.93 Å². The van der Waals surface area contributed by atoms with Gasteiger partial charge in [0.15, 0.2) is 0 Å². The summed E-state index contributed by atoms with van der Waals surface area (Å²) in [5.41, 5.74) is 0.635. The molecule has 0 aliphatic carbocycles. The Hall–Kier alpha value is -1.84. The van der Waals surface area contributed by atoms with Gasteiger partial charge in [0.05, 0.1) is 6.61 Å². The van der Waals surface area contributed by atoms with E-state index in [1.165, 1.54) is 4.31 Å². The van der Waals surface area contributed by atoms with Gasteiger partial charge in [0.1, 0.15) is 5.75 Å². The predicted molar refractivity (Wildman–Crippen MR) is 87.5 cm³/mol. The largest absolute Gasteiger partial charge is 0.494 e. The van der Waals surface area contributed by atoms with E-state index in [-0.39, 0.29) is 12.1 Å². The molecule has 1 heterocycles. The lowest BCUT2D eigenvalue weighted by Gasteiger charge is -2.30. The zero-order chi connectivity index (χ0) is 16.9. The molecule has 128 valence electrons. The van der Waals surface area contributed by atoms with Gasteiger partial charge in [0.25, 0.3) is 10.2 Å². The fourth-order valence-corrected chi connectivity index (χ4v) is 3.16. The van der Waals surface area contributed by atoms with Crippen molar-refractivity contribution in [2.24, 2.45) is 5.14 Å². The van der Waals surface area contributed by atoms with Crippen LogP contribution in [0.3, 0.4) is 0 Å². The molecule has 2 rings (SSSR count). The van der Waals surface area contributed by atoms with Crippen LogP contribution in [0.15, 0.2) is 24.3 Å². The first kappa shape index (κ1) is 17.5. The molecular formula is C14H22N4O4S. The highest BCUT2D eigenvalue weighted by Crippen LogP contribution is 2.17. The summed E-state index contributed by atoms with van der Waals surface area (Å²) in [6.45, 7) is 3.06. The van der Waals surface area contributed by atoms with Crippen molar-refractivity contribution in [2.45, 2.75) is 25.8 Å². The van der Waals surface area contributed by atoms with Gasteiger partial charge in [-0.05, 0) is 31.9 Å². The third-order valence-corrected chi connectivity index (χ3v) is 4.64. The molecule has 0 atom stereocenters. The van der Waals surface area contributed by atoms with Crippen LogP contribution in [0.4, 0.5) is 10.5 Å². The van der Waals surface area contributed by atoms with Crippen LogP contribution in [0.2, 0.25) is 0 Å². The van der Waals surface area contributed by atoms with E-state index in [0.717, 1.165) is 0 Å². The van der Waals surface area contributed by atoms with Gasteiger partial charge in [0, 0.05) is 30.9 Å². The zero-order valence-electron chi connectivity index (χ0n) is 13.0.